The Hall–Kier alpha value is -1.51. The second kappa shape index (κ2) is 5.39. The highest BCUT2D eigenvalue weighted by Crippen LogP contribution is 2.17. The molecule has 0 aliphatic rings. The molecule has 0 N–H and O–H groups in total. The lowest BCUT2D eigenvalue weighted by molar-refractivity contribution is 0.0525. The van der Waals surface area contributed by atoms with E-state index in [9.17, 15) is 4.79 Å². The van der Waals surface area contributed by atoms with Crippen molar-refractivity contribution in [3.63, 3.8) is 0 Å². The van der Waals surface area contributed by atoms with Crippen molar-refractivity contribution >= 4 is 5.97 Å². The Kier molecular flexibility index (Phi) is 4.16. The van der Waals surface area contributed by atoms with E-state index in [0.29, 0.717) is 24.5 Å². The predicted molar refractivity (Wildman–Crippen MR) is 58.3 cm³/mol. The van der Waals surface area contributed by atoms with Crippen LogP contribution in [0.1, 0.15) is 29.8 Å². The number of ether oxygens (including phenoxy) is 2. The van der Waals surface area contributed by atoms with E-state index in [-0.39, 0.29) is 5.97 Å². The number of benzene rings is 1. The molecule has 3 nitrogen and oxygen atoms in total. The lowest BCUT2D eigenvalue weighted by Gasteiger charge is -2.07. The minimum atomic E-state index is -0.304. The normalized spacial score (nSPS) is 9.80. The number of hydrogen-bond acceptors (Lipinski definition) is 3. The molecule has 0 heterocycles. The Morgan fingerprint density at radius 2 is 1.93 bits per heavy atom. The van der Waals surface area contributed by atoms with Crippen LogP contribution < -0.4 is 4.74 Å². The van der Waals surface area contributed by atoms with Crippen LogP contribution in [0, 0.1) is 6.92 Å². The van der Waals surface area contributed by atoms with Crippen LogP contribution in [0.4, 0.5) is 0 Å². The van der Waals surface area contributed by atoms with E-state index in [1.165, 1.54) is 0 Å². The van der Waals surface area contributed by atoms with E-state index in [0.717, 1.165) is 5.56 Å². The van der Waals surface area contributed by atoms with Crippen LogP contribution in [0.15, 0.2) is 18.2 Å². The number of rotatable bonds is 4. The summed E-state index contributed by atoms with van der Waals surface area (Å²) in [6, 6.07) is 5.39. The molecule has 0 saturated heterocycles. The van der Waals surface area contributed by atoms with Gasteiger partial charge in [-0.15, -0.1) is 0 Å². The number of carbonyl (C=O) groups is 1. The first-order chi connectivity index (χ1) is 7.17. The lowest BCUT2D eigenvalue weighted by Crippen LogP contribution is -2.05. The standard InChI is InChI=1S/C12H16O3/c1-4-14-11-7-9(3)6-10(8-11)12(13)15-5-2/h6-8H,4-5H2,1-3H3. The van der Waals surface area contributed by atoms with Crippen LogP contribution in [0.2, 0.25) is 0 Å². The van der Waals surface area contributed by atoms with Gasteiger partial charge in [-0.2, -0.15) is 0 Å². The largest absolute Gasteiger partial charge is 0.494 e. The quantitative estimate of drug-likeness (QED) is 0.713. The van der Waals surface area contributed by atoms with Crippen LogP contribution in [-0.2, 0) is 4.74 Å². The zero-order valence-corrected chi connectivity index (χ0v) is 9.37. The van der Waals surface area contributed by atoms with Crippen molar-refractivity contribution in [2.75, 3.05) is 13.2 Å². The summed E-state index contributed by atoms with van der Waals surface area (Å²) in [5.41, 5.74) is 1.53. The van der Waals surface area contributed by atoms with E-state index in [2.05, 4.69) is 0 Å². The molecule has 0 aliphatic carbocycles. The molecule has 0 aliphatic heterocycles. The fourth-order valence-electron chi connectivity index (χ4n) is 1.33. The third-order valence-electron chi connectivity index (χ3n) is 1.87. The average Bonchev–Trinajstić information content (AvgIpc) is 2.17. The third-order valence-corrected chi connectivity index (χ3v) is 1.87. The van der Waals surface area contributed by atoms with Gasteiger partial charge < -0.3 is 9.47 Å². The molecule has 0 amide bonds. The third kappa shape index (κ3) is 3.27. The van der Waals surface area contributed by atoms with Gasteiger partial charge in [-0.25, -0.2) is 4.79 Å². The first-order valence-electron chi connectivity index (χ1n) is 5.09. The van der Waals surface area contributed by atoms with Gasteiger partial charge in [0.15, 0.2) is 0 Å². The van der Waals surface area contributed by atoms with E-state index >= 15 is 0 Å². The van der Waals surface area contributed by atoms with Crippen molar-refractivity contribution in [1.29, 1.82) is 0 Å². The Labute approximate surface area is 90.0 Å². The van der Waals surface area contributed by atoms with Gasteiger partial charge in [0.05, 0.1) is 18.8 Å². The van der Waals surface area contributed by atoms with Gasteiger partial charge in [0.25, 0.3) is 0 Å². The minimum absolute atomic E-state index is 0.304. The van der Waals surface area contributed by atoms with Crippen LogP contribution >= 0.6 is 0 Å². The summed E-state index contributed by atoms with van der Waals surface area (Å²) in [6.07, 6.45) is 0. The van der Waals surface area contributed by atoms with E-state index in [1.54, 1.807) is 19.1 Å². The predicted octanol–water partition coefficient (Wildman–Crippen LogP) is 2.57. The molecule has 0 unspecified atom stereocenters. The molecule has 0 saturated carbocycles. The molecule has 1 rings (SSSR count). The molecule has 0 bridgehead atoms. The molecular weight excluding hydrogens is 192 g/mol. The maximum Gasteiger partial charge on any atom is 0.338 e. The van der Waals surface area contributed by atoms with Crippen molar-refractivity contribution in [2.45, 2.75) is 20.8 Å². The van der Waals surface area contributed by atoms with Gasteiger partial charge >= 0.3 is 5.97 Å². The first-order valence-corrected chi connectivity index (χ1v) is 5.09. The number of hydrogen-bond donors (Lipinski definition) is 0. The first kappa shape index (κ1) is 11.6. The minimum Gasteiger partial charge on any atom is -0.494 e. The molecule has 1 aromatic rings. The second-order valence-electron chi connectivity index (χ2n) is 3.19. The van der Waals surface area contributed by atoms with Crippen molar-refractivity contribution < 1.29 is 14.3 Å². The number of esters is 1. The molecular formula is C12H16O3. The molecule has 0 atom stereocenters. The van der Waals surface area contributed by atoms with Gasteiger partial charge in [-0.1, -0.05) is 0 Å². The number of aryl methyl sites for hydroxylation is 1. The summed E-state index contributed by atoms with van der Waals surface area (Å²) < 4.78 is 10.3. The summed E-state index contributed by atoms with van der Waals surface area (Å²) in [7, 11) is 0. The smallest absolute Gasteiger partial charge is 0.338 e. The molecule has 1 aromatic carbocycles. The summed E-state index contributed by atoms with van der Waals surface area (Å²) >= 11 is 0. The molecule has 0 radical (unpaired) electrons. The van der Waals surface area contributed by atoms with Gasteiger partial charge in [0.2, 0.25) is 0 Å². The molecule has 15 heavy (non-hydrogen) atoms. The summed E-state index contributed by atoms with van der Waals surface area (Å²) in [5.74, 6) is 0.405. The molecule has 82 valence electrons. The van der Waals surface area contributed by atoms with Crippen LogP contribution in [0.3, 0.4) is 0 Å². The van der Waals surface area contributed by atoms with Gasteiger partial charge in [-0.3, -0.25) is 0 Å². The average molecular weight is 208 g/mol. The molecule has 0 aromatic heterocycles. The van der Waals surface area contributed by atoms with E-state index < -0.39 is 0 Å². The fraction of sp³-hybridized carbons (Fsp3) is 0.417. The topological polar surface area (TPSA) is 35.5 Å². The SMILES string of the molecule is CCOC(=O)c1cc(C)cc(OCC)c1. The van der Waals surface area contributed by atoms with Crippen molar-refractivity contribution in [2.24, 2.45) is 0 Å². The van der Waals surface area contributed by atoms with Crippen LogP contribution in [-0.4, -0.2) is 19.2 Å². The zero-order valence-electron chi connectivity index (χ0n) is 9.37. The summed E-state index contributed by atoms with van der Waals surface area (Å²) in [4.78, 5) is 11.5. The highest BCUT2D eigenvalue weighted by molar-refractivity contribution is 5.90. The van der Waals surface area contributed by atoms with Crippen LogP contribution in [0.25, 0.3) is 0 Å². The van der Waals surface area contributed by atoms with Crippen molar-refractivity contribution in [3.8, 4) is 5.75 Å². The lowest BCUT2D eigenvalue weighted by atomic mass is 10.1. The number of carbonyl (C=O) groups excluding carboxylic acids is 1. The Balaban J connectivity index is 2.92. The highest BCUT2D eigenvalue weighted by Gasteiger charge is 2.08. The molecule has 0 fully saturated rings. The van der Waals surface area contributed by atoms with Gasteiger partial charge in [-0.05, 0) is 44.5 Å². The molecule has 0 spiro atoms. The Bertz CT molecular complexity index is 345. The van der Waals surface area contributed by atoms with E-state index in [1.807, 2.05) is 19.9 Å². The summed E-state index contributed by atoms with van der Waals surface area (Å²) in [5, 5.41) is 0. The van der Waals surface area contributed by atoms with Crippen LogP contribution in [0.5, 0.6) is 5.75 Å². The second-order valence-corrected chi connectivity index (χ2v) is 3.19. The van der Waals surface area contributed by atoms with Gasteiger partial charge in [0, 0.05) is 0 Å². The summed E-state index contributed by atoms with van der Waals surface area (Å²) in [6.45, 7) is 6.59. The Morgan fingerprint density at radius 1 is 1.20 bits per heavy atom. The zero-order chi connectivity index (χ0) is 11.3. The van der Waals surface area contributed by atoms with Crippen molar-refractivity contribution in [1.82, 2.24) is 0 Å². The molecule has 3 heteroatoms. The maximum absolute atomic E-state index is 11.5. The Morgan fingerprint density at radius 3 is 2.53 bits per heavy atom. The monoisotopic (exact) mass is 208 g/mol. The van der Waals surface area contributed by atoms with E-state index in [4.69, 9.17) is 9.47 Å². The van der Waals surface area contributed by atoms with Crippen molar-refractivity contribution in [3.05, 3.63) is 29.3 Å². The maximum atomic E-state index is 11.5. The highest BCUT2D eigenvalue weighted by atomic mass is 16.5. The van der Waals surface area contributed by atoms with Gasteiger partial charge in [0.1, 0.15) is 5.75 Å². The fourth-order valence-corrected chi connectivity index (χ4v) is 1.33.